The molecular formula is C13H21N3O3. The first-order valence-corrected chi connectivity index (χ1v) is 6.69. The van der Waals surface area contributed by atoms with Crippen LogP contribution in [-0.2, 0) is 4.74 Å². The van der Waals surface area contributed by atoms with Crippen molar-refractivity contribution in [2.24, 2.45) is 0 Å². The summed E-state index contributed by atoms with van der Waals surface area (Å²) in [7, 11) is 0. The predicted octanol–water partition coefficient (Wildman–Crippen LogP) is 2.62. The fourth-order valence-electron chi connectivity index (χ4n) is 2.32. The van der Waals surface area contributed by atoms with Crippen LogP contribution in [-0.4, -0.2) is 27.9 Å². The fourth-order valence-corrected chi connectivity index (χ4v) is 2.32. The first-order valence-electron chi connectivity index (χ1n) is 6.69. The van der Waals surface area contributed by atoms with E-state index in [4.69, 9.17) is 9.15 Å². The van der Waals surface area contributed by atoms with Crippen LogP contribution in [0.15, 0.2) is 10.8 Å². The molecule has 6 nitrogen and oxygen atoms in total. The minimum atomic E-state index is -0.453. The lowest BCUT2D eigenvalue weighted by Gasteiger charge is -2.28. The molecule has 0 spiro atoms. The molecule has 0 bridgehead atoms. The zero-order chi connectivity index (χ0) is 13.9. The van der Waals surface area contributed by atoms with E-state index in [-0.39, 0.29) is 12.1 Å². The van der Waals surface area contributed by atoms with E-state index in [0.29, 0.717) is 11.8 Å². The highest BCUT2D eigenvalue weighted by Gasteiger charge is 2.27. The average Bonchev–Trinajstić information content (AvgIpc) is 2.80. The third-order valence-corrected chi connectivity index (χ3v) is 3.17. The van der Waals surface area contributed by atoms with E-state index < -0.39 is 5.60 Å². The van der Waals surface area contributed by atoms with Crippen LogP contribution in [0.25, 0.3) is 0 Å². The molecular weight excluding hydrogens is 246 g/mol. The van der Waals surface area contributed by atoms with Gasteiger partial charge in [-0.1, -0.05) is 0 Å². The van der Waals surface area contributed by atoms with E-state index in [1.165, 1.54) is 6.39 Å². The quantitative estimate of drug-likeness (QED) is 0.891. The second-order valence-corrected chi connectivity index (χ2v) is 5.97. The van der Waals surface area contributed by atoms with Crippen molar-refractivity contribution in [3.05, 3.63) is 12.3 Å². The zero-order valence-corrected chi connectivity index (χ0v) is 11.7. The van der Waals surface area contributed by atoms with Crippen molar-refractivity contribution in [2.75, 3.05) is 0 Å². The van der Waals surface area contributed by atoms with E-state index in [1.807, 2.05) is 20.8 Å². The normalized spacial score (nSPS) is 23.9. The molecule has 1 aromatic rings. The lowest BCUT2D eigenvalue weighted by Crippen LogP contribution is -2.40. The van der Waals surface area contributed by atoms with Gasteiger partial charge in [-0.05, 0) is 46.5 Å². The minimum Gasteiger partial charge on any atom is -0.444 e. The molecule has 0 unspecified atom stereocenters. The number of amides is 1. The maximum absolute atomic E-state index is 11.7. The lowest BCUT2D eigenvalue weighted by molar-refractivity contribution is 0.0490. The summed E-state index contributed by atoms with van der Waals surface area (Å²) >= 11 is 0. The van der Waals surface area contributed by atoms with Crippen molar-refractivity contribution in [3.63, 3.8) is 0 Å². The van der Waals surface area contributed by atoms with Gasteiger partial charge in [0, 0.05) is 12.0 Å². The Bertz CT molecular complexity index is 403. The Morgan fingerprint density at radius 1 is 1.37 bits per heavy atom. The number of hydrogen-bond acceptors (Lipinski definition) is 5. The van der Waals surface area contributed by atoms with Crippen LogP contribution in [0.3, 0.4) is 0 Å². The van der Waals surface area contributed by atoms with Crippen molar-refractivity contribution in [2.45, 2.75) is 64.0 Å². The average molecular weight is 267 g/mol. The van der Waals surface area contributed by atoms with Gasteiger partial charge in [-0.2, -0.15) is 0 Å². The van der Waals surface area contributed by atoms with Crippen molar-refractivity contribution in [3.8, 4) is 0 Å². The molecule has 1 aromatic heterocycles. The van der Waals surface area contributed by atoms with Gasteiger partial charge in [0.25, 0.3) is 0 Å². The molecule has 2 rings (SSSR count). The Morgan fingerprint density at radius 2 is 2.05 bits per heavy atom. The number of alkyl carbamates (subject to hydrolysis) is 1. The van der Waals surface area contributed by atoms with Gasteiger partial charge in [0.2, 0.25) is 12.3 Å². The summed E-state index contributed by atoms with van der Waals surface area (Å²) in [6, 6.07) is 0.175. The number of rotatable bonds is 2. The highest BCUT2D eigenvalue weighted by atomic mass is 16.6. The highest BCUT2D eigenvalue weighted by Crippen LogP contribution is 2.31. The van der Waals surface area contributed by atoms with E-state index >= 15 is 0 Å². The molecule has 1 amide bonds. The number of hydrogen-bond donors (Lipinski definition) is 1. The SMILES string of the molecule is CC(C)(C)OC(=O)N[C@H]1CC[C@H](c2nnco2)CC1. The smallest absolute Gasteiger partial charge is 0.407 e. The fraction of sp³-hybridized carbons (Fsp3) is 0.769. The number of carbonyl (C=O) groups is 1. The molecule has 0 aliphatic heterocycles. The van der Waals surface area contributed by atoms with Gasteiger partial charge < -0.3 is 14.5 Å². The van der Waals surface area contributed by atoms with Gasteiger partial charge in [-0.25, -0.2) is 4.79 Å². The van der Waals surface area contributed by atoms with Gasteiger partial charge in [0.1, 0.15) is 5.60 Å². The van der Waals surface area contributed by atoms with Crippen LogP contribution in [0.4, 0.5) is 4.79 Å². The third-order valence-electron chi connectivity index (χ3n) is 3.17. The van der Waals surface area contributed by atoms with Crippen molar-refractivity contribution in [1.29, 1.82) is 0 Å². The summed E-state index contributed by atoms with van der Waals surface area (Å²) in [6.45, 7) is 5.58. The number of nitrogens with zero attached hydrogens (tertiary/aromatic N) is 2. The Balaban J connectivity index is 1.76. The predicted molar refractivity (Wildman–Crippen MR) is 68.7 cm³/mol. The van der Waals surface area contributed by atoms with E-state index in [1.54, 1.807) is 0 Å². The zero-order valence-electron chi connectivity index (χ0n) is 11.7. The van der Waals surface area contributed by atoms with Gasteiger partial charge in [0.05, 0.1) is 0 Å². The summed E-state index contributed by atoms with van der Waals surface area (Å²) < 4.78 is 10.5. The summed E-state index contributed by atoms with van der Waals surface area (Å²) in [5.74, 6) is 1.02. The van der Waals surface area contributed by atoms with Crippen LogP contribution in [0.1, 0.15) is 58.3 Å². The second kappa shape index (κ2) is 5.59. The number of ether oxygens (including phenoxy) is 1. The Hall–Kier alpha value is -1.59. The van der Waals surface area contributed by atoms with Gasteiger partial charge >= 0.3 is 6.09 Å². The molecule has 1 aliphatic carbocycles. The molecule has 0 radical (unpaired) electrons. The Labute approximate surface area is 112 Å². The lowest BCUT2D eigenvalue weighted by atomic mass is 9.86. The van der Waals surface area contributed by atoms with Crippen LogP contribution in [0.2, 0.25) is 0 Å². The monoisotopic (exact) mass is 267 g/mol. The van der Waals surface area contributed by atoms with Crippen molar-refractivity contribution < 1.29 is 13.9 Å². The molecule has 1 heterocycles. The molecule has 0 atom stereocenters. The maximum Gasteiger partial charge on any atom is 0.407 e. The molecule has 0 saturated heterocycles. The first kappa shape index (κ1) is 13.8. The van der Waals surface area contributed by atoms with Crippen LogP contribution in [0, 0.1) is 0 Å². The highest BCUT2D eigenvalue weighted by molar-refractivity contribution is 5.68. The first-order chi connectivity index (χ1) is 8.94. The van der Waals surface area contributed by atoms with Crippen LogP contribution < -0.4 is 5.32 Å². The topological polar surface area (TPSA) is 77.2 Å². The van der Waals surface area contributed by atoms with Crippen molar-refractivity contribution >= 4 is 6.09 Å². The molecule has 1 fully saturated rings. The van der Waals surface area contributed by atoms with Crippen molar-refractivity contribution in [1.82, 2.24) is 15.5 Å². The molecule has 0 aromatic carbocycles. The van der Waals surface area contributed by atoms with E-state index in [9.17, 15) is 4.79 Å². The van der Waals surface area contributed by atoms with E-state index in [0.717, 1.165) is 25.7 Å². The molecule has 19 heavy (non-hydrogen) atoms. The van der Waals surface area contributed by atoms with Crippen LogP contribution >= 0.6 is 0 Å². The summed E-state index contributed by atoms with van der Waals surface area (Å²) in [5.41, 5.74) is -0.453. The Morgan fingerprint density at radius 3 is 2.58 bits per heavy atom. The number of aromatic nitrogens is 2. The van der Waals surface area contributed by atoms with Gasteiger partial charge in [-0.3, -0.25) is 0 Å². The molecule has 6 heteroatoms. The standard InChI is InChI=1S/C13H21N3O3/c1-13(2,3)19-12(17)15-10-6-4-9(5-7-10)11-16-14-8-18-11/h8-10H,4-7H2,1-3H3,(H,15,17)/t9-,10-. The summed E-state index contributed by atoms with van der Waals surface area (Å²) in [5, 5.41) is 10.6. The number of carbonyl (C=O) groups excluding carboxylic acids is 1. The van der Waals surface area contributed by atoms with Crippen LogP contribution in [0.5, 0.6) is 0 Å². The van der Waals surface area contributed by atoms with E-state index in [2.05, 4.69) is 15.5 Å². The number of nitrogens with one attached hydrogen (secondary N) is 1. The largest absolute Gasteiger partial charge is 0.444 e. The molecule has 1 aliphatic rings. The third kappa shape index (κ3) is 4.22. The Kier molecular flexibility index (Phi) is 4.07. The maximum atomic E-state index is 11.7. The summed E-state index contributed by atoms with van der Waals surface area (Å²) in [4.78, 5) is 11.7. The molecule has 106 valence electrons. The van der Waals surface area contributed by atoms with Gasteiger partial charge in [-0.15, -0.1) is 10.2 Å². The molecule has 1 N–H and O–H groups in total. The summed E-state index contributed by atoms with van der Waals surface area (Å²) in [6.07, 6.45) is 4.73. The van der Waals surface area contributed by atoms with Gasteiger partial charge in [0.15, 0.2) is 0 Å². The second-order valence-electron chi connectivity index (χ2n) is 5.97. The minimum absolute atomic E-state index is 0.175. The molecule has 1 saturated carbocycles.